The molecule has 1 N–H and O–H groups in total. The van der Waals surface area contributed by atoms with Crippen molar-refractivity contribution in [2.24, 2.45) is 0 Å². The summed E-state index contributed by atoms with van der Waals surface area (Å²) in [5, 5.41) is 3.33. The van der Waals surface area contributed by atoms with Crippen molar-refractivity contribution < 1.29 is 9.47 Å². The maximum Gasteiger partial charge on any atom is 0.123 e. The highest BCUT2D eigenvalue weighted by Crippen LogP contribution is 2.24. The van der Waals surface area contributed by atoms with Crippen LogP contribution >= 0.6 is 11.6 Å². The van der Waals surface area contributed by atoms with E-state index in [0.717, 1.165) is 36.6 Å². The normalized spacial score (nSPS) is 10.3. The Morgan fingerprint density at radius 1 is 1.35 bits per heavy atom. The summed E-state index contributed by atoms with van der Waals surface area (Å²) in [7, 11) is 1.71. The molecule has 0 aromatic heterocycles. The molecule has 1 rings (SSSR count). The number of hydrogen-bond acceptors (Lipinski definition) is 3. The van der Waals surface area contributed by atoms with Gasteiger partial charge in [-0.3, -0.25) is 0 Å². The summed E-state index contributed by atoms with van der Waals surface area (Å²) in [6.07, 6.45) is 0.986. The number of rotatable bonds is 8. The maximum absolute atomic E-state index is 5.90. The highest BCUT2D eigenvalue weighted by molar-refractivity contribution is 6.17. The lowest BCUT2D eigenvalue weighted by atomic mass is 10.2. The van der Waals surface area contributed by atoms with E-state index in [2.05, 4.69) is 5.32 Å². The van der Waals surface area contributed by atoms with Gasteiger partial charge in [0, 0.05) is 31.5 Å². The van der Waals surface area contributed by atoms with Crippen LogP contribution in [0, 0.1) is 0 Å². The topological polar surface area (TPSA) is 30.5 Å². The molecule has 4 heteroatoms. The summed E-state index contributed by atoms with van der Waals surface area (Å²) in [6.45, 7) is 4.29. The second-order valence-corrected chi connectivity index (χ2v) is 3.93. The Bertz CT molecular complexity index is 331. The largest absolute Gasteiger partial charge is 0.494 e. The Labute approximate surface area is 108 Å². The van der Waals surface area contributed by atoms with Crippen LogP contribution in [0.3, 0.4) is 0 Å². The molecule has 0 heterocycles. The highest BCUT2D eigenvalue weighted by atomic mass is 35.5. The van der Waals surface area contributed by atoms with Gasteiger partial charge in [-0.1, -0.05) is 0 Å². The molecule has 0 aliphatic rings. The average molecular weight is 258 g/mol. The Balaban J connectivity index is 2.56. The number of methoxy groups -OCH3 is 1. The predicted octanol–water partition coefficient (Wildman–Crippen LogP) is 3.27. The molecule has 0 saturated carbocycles. The zero-order chi connectivity index (χ0) is 12.5. The molecule has 0 bridgehead atoms. The van der Waals surface area contributed by atoms with E-state index in [1.54, 1.807) is 7.11 Å². The van der Waals surface area contributed by atoms with Gasteiger partial charge in [-0.05, 0) is 31.5 Å². The first-order valence-electron chi connectivity index (χ1n) is 5.86. The lowest BCUT2D eigenvalue weighted by Gasteiger charge is -2.11. The zero-order valence-corrected chi connectivity index (χ0v) is 11.2. The van der Waals surface area contributed by atoms with Gasteiger partial charge in [0.1, 0.15) is 5.75 Å². The molecule has 17 heavy (non-hydrogen) atoms. The molecule has 0 amide bonds. The minimum absolute atomic E-state index is 0.461. The van der Waals surface area contributed by atoms with Crippen LogP contribution in [0.4, 0.5) is 5.69 Å². The van der Waals surface area contributed by atoms with Crippen molar-refractivity contribution >= 4 is 17.3 Å². The van der Waals surface area contributed by atoms with Crippen molar-refractivity contribution in [1.29, 1.82) is 0 Å². The van der Waals surface area contributed by atoms with Crippen LogP contribution in [0.5, 0.6) is 5.75 Å². The van der Waals surface area contributed by atoms with Gasteiger partial charge in [0.05, 0.1) is 12.5 Å². The minimum Gasteiger partial charge on any atom is -0.494 e. The summed E-state index contributed by atoms with van der Waals surface area (Å²) >= 11 is 5.90. The molecule has 0 atom stereocenters. The molecule has 0 aliphatic heterocycles. The fourth-order valence-electron chi connectivity index (χ4n) is 1.54. The van der Waals surface area contributed by atoms with Crippen LogP contribution in [0.15, 0.2) is 18.2 Å². The van der Waals surface area contributed by atoms with Gasteiger partial charge in [-0.2, -0.15) is 0 Å². The van der Waals surface area contributed by atoms with E-state index < -0.39 is 0 Å². The molecule has 1 aromatic rings. The summed E-state index contributed by atoms with van der Waals surface area (Å²) in [4.78, 5) is 0. The first kappa shape index (κ1) is 14.1. The first-order chi connectivity index (χ1) is 8.31. The van der Waals surface area contributed by atoms with Crippen molar-refractivity contribution in [1.82, 2.24) is 0 Å². The monoisotopic (exact) mass is 257 g/mol. The SMILES string of the molecule is CCOc1ccc(NCCCOC)cc1CCl. The molecule has 0 aliphatic carbocycles. The summed E-state index contributed by atoms with van der Waals surface area (Å²) in [6, 6.07) is 6.00. The molecule has 0 radical (unpaired) electrons. The van der Waals surface area contributed by atoms with Crippen LogP contribution in [-0.2, 0) is 10.6 Å². The second-order valence-electron chi connectivity index (χ2n) is 3.66. The van der Waals surface area contributed by atoms with E-state index in [9.17, 15) is 0 Å². The number of halogens is 1. The number of ether oxygens (including phenoxy) is 2. The molecular weight excluding hydrogens is 238 g/mol. The molecule has 0 saturated heterocycles. The Morgan fingerprint density at radius 3 is 2.82 bits per heavy atom. The maximum atomic E-state index is 5.90. The lowest BCUT2D eigenvalue weighted by Crippen LogP contribution is -2.05. The predicted molar refractivity (Wildman–Crippen MR) is 72.2 cm³/mol. The molecule has 96 valence electrons. The smallest absolute Gasteiger partial charge is 0.123 e. The third-order valence-electron chi connectivity index (χ3n) is 2.36. The van der Waals surface area contributed by atoms with Crippen LogP contribution < -0.4 is 10.1 Å². The van der Waals surface area contributed by atoms with E-state index in [1.165, 1.54) is 0 Å². The van der Waals surface area contributed by atoms with Crippen molar-refractivity contribution in [2.45, 2.75) is 19.2 Å². The number of hydrogen-bond donors (Lipinski definition) is 1. The third-order valence-corrected chi connectivity index (χ3v) is 2.65. The Kier molecular flexibility index (Phi) is 6.82. The van der Waals surface area contributed by atoms with E-state index in [4.69, 9.17) is 21.1 Å². The Hall–Kier alpha value is -0.930. The van der Waals surface area contributed by atoms with Gasteiger partial charge < -0.3 is 14.8 Å². The number of nitrogens with one attached hydrogen (secondary N) is 1. The molecular formula is C13H20ClNO2. The van der Waals surface area contributed by atoms with Crippen molar-refractivity contribution in [3.63, 3.8) is 0 Å². The molecule has 1 aromatic carbocycles. The molecule has 3 nitrogen and oxygen atoms in total. The van der Waals surface area contributed by atoms with Crippen molar-refractivity contribution in [3.8, 4) is 5.75 Å². The van der Waals surface area contributed by atoms with Crippen LogP contribution in [-0.4, -0.2) is 26.9 Å². The van der Waals surface area contributed by atoms with Gasteiger partial charge in [-0.15, -0.1) is 11.6 Å². The molecule has 0 unspecified atom stereocenters. The van der Waals surface area contributed by atoms with Gasteiger partial charge in [0.15, 0.2) is 0 Å². The molecule has 0 fully saturated rings. The van der Waals surface area contributed by atoms with E-state index in [0.29, 0.717) is 12.5 Å². The quantitative estimate of drug-likeness (QED) is 0.573. The standard InChI is InChI=1S/C13H20ClNO2/c1-3-17-13-6-5-12(9-11(13)10-14)15-7-4-8-16-2/h5-6,9,15H,3-4,7-8,10H2,1-2H3. The third kappa shape index (κ3) is 4.84. The number of anilines is 1. The van der Waals surface area contributed by atoms with E-state index >= 15 is 0 Å². The Morgan fingerprint density at radius 2 is 2.18 bits per heavy atom. The van der Waals surface area contributed by atoms with Gasteiger partial charge in [-0.25, -0.2) is 0 Å². The number of benzene rings is 1. The summed E-state index contributed by atoms with van der Waals surface area (Å²) < 4.78 is 10.5. The summed E-state index contributed by atoms with van der Waals surface area (Å²) in [5.41, 5.74) is 2.09. The fraction of sp³-hybridized carbons (Fsp3) is 0.538. The van der Waals surface area contributed by atoms with Gasteiger partial charge in [0.2, 0.25) is 0 Å². The summed E-state index contributed by atoms with van der Waals surface area (Å²) in [5.74, 6) is 1.33. The van der Waals surface area contributed by atoms with Gasteiger partial charge >= 0.3 is 0 Å². The highest BCUT2D eigenvalue weighted by Gasteiger charge is 2.03. The van der Waals surface area contributed by atoms with Crippen LogP contribution in [0.25, 0.3) is 0 Å². The second kappa shape index (κ2) is 8.20. The lowest BCUT2D eigenvalue weighted by molar-refractivity contribution is 0.198. The van der Waals surface area contributed by atoms with Crippen LogP contribution in [0.2, 0.25) is 0 Å². The van der Waals surface area contributed by atoms with E-state index in [1.807, 2.05) is 25.1 Å². The van der Waals surface area contributed by atoms with Crippen molar-refractivity contribution in [2.75, 3.05) is 32.2 Å². The van der Waals surface area contributed by atoms with Crippen LogP contribution in [0.1, 0.15) is 18.9 Å². The first-order valence-corrected chi connectivity index (χ1v) is 6.39. The number of alkyl halides is 1. The molecule has 0 spiro atoms. The fourth-order valence-corrected chi connectivity index (χ4v) is 1.75. The van der Waals surface area contributed by atoms with Crippen molar-refractivity contribution in [3.05, 3.63) is 23.8 Å². The van der Waals surface area contributed by atoms with E-state index in [-0.39, 0.29) is 0 Å². The van der Waals surface area contributed by atoms with Gasteiger partial charge in [0.25, 0.3) is 0 Å². The zero-order valence-electron chi connectivity index (χ0n) is 10.5. The minimum atomic E-state index is 0.461. The average Bonchev–Trinajstić information content (AvgIpc) is 2.36.